The zero-order chi connectivity index (χ0) is 21.7. The van der Waals surface area contributed by atoms with Crippen LogP contribution < -0.4 is 4.90 Å². The van der Waals surface area contributed by atoms with Gasteiger partial charge >= 0.3 is 0 Å². The number of nitrogens with zero attached hydrogens (tertiary/aromatic N) is 4. The van der Waals surface area contributed by atoms with Crippen LogP contribution in [-0.4, -0.2) is 27.9 Å². The van der Waals surface area contributed by atoms with Gasteiger partial charge in [-0.3, -0.25) is 9.59 Å². The maximum Gasteiger partial charge on any atom is 0.269 e. The molecule has 2 amide bonds. The molecular weight excluding hydrogens is 490 g/mol. The van der Waals surface area contributed by atoms with E-state index in [-0.39, 0.29) is 42.6 Å². The summed E-state index contributed by atoms with van der Waals surface area (Å²) < 4.78 is 1.36. The van der Waals surface area contributed by atoms with Crippen LogP contribution in [-0.2, 0) is 0 Å². The van der Waals surface area contributed by atoms with Crippen LogP contribution in [0.4, 0.5) is 5.82 Å². The summed E-state index contributed by atoms with van der Waals surface area (Å²) >= 11 is 25.8. The van der Waals surface area contributed by atoms with Gasteiger partial charge in [-0.15, -0.1) is 11.8 Å². The molecule has 2 heterocycles. The van der Waals surface area contributed by atoms with Gasteiger partial charge in [-0.2, -0.15) is 10.4 Å². The minimum absolute atomic E-state index is 0.0152. The number of amides is 2. The molecule has 0 spiro atoms. The largest absolute Gasteiger partial charge is 0.269 e. The molecule has 150 valence electrons. The summed E-state index contributed by atoms with van der Waals surface area (Å²) in [5.74, 6) is -1.57. The zero-order valence-corrected chi connectivity index (χ0v) is 18.8. The molecule has 4 rings (SSSR count). The number of nitriles is 1. The van der Waals surface area contributed by atoms with E-state index in [9.17, 15) is 14.9 Å². The fourth-order valence-corrected chi connectivity index (χ4v) is 4.65. The zero-order valence-electron chi connectivity index (χ0n) is 14.9. The number of aromatic nitrogens is 2. The van der Waals surface area contributed by atoms with Gasteiger partial charge < -0.3 is 0 Å². The molecule has 0 bridgehead atoms. The highest BCUT2D eigenvalue weighted by Gasteiger charge is 2.45. The number of para-hydroxylation sites is 1. The van der Waals surface area contributed by atoms with Gasteiger partial charge in [0.05, 0.1) is 36.9 Å². The van der Waals surface area contributed by atoms with Crippen molar-refractivity contribution < 1.29 is 9.59 Å². The van der Waals surface area contributed by atoms with Crippen LogP contribution in [0.5, 0.6) is 0 Å². The first-order valence-corrected chi connectivity index (χ1v) is 10.9. The van der Waals surface area contributed by atoms with E-state index >= 15 is 0 Å². The Morgan fingerprint density at radius 2 is 1.47 bits per heavy atom. The van der Waals surface area contributed by atoms with Crippen molar-refractivity contribution in [1.29, 1.82) is 5.26 Å². The van der Waals surface area contributed by atoms with E-state index in [2.05, 4.69) is 5.10 Å². The van der Waals surface area contributed by atoms with Crippen molar-refractivity contribution in [3.8, 4) is 11.8 Å². The molecule has 0 fully saturated rings. The summed E-state index contributed by atoms with van der Waals surface area (Å²) in [6.45, 7) is 0. The number of carbonyl (C=O) groups excluding carboxylic acids is 2. The first-order chi connectivity index (χ1) is 14.3. The average molecular weight is 498 g/mol. The Labute approximate surface area is 194 Å². The molecule has 0 radical (unpaired) electrons. The maximum atomic E-state index is 13.3. The normalized spacial score (nSPS) is 13.0. The van der Waals surface area contributed by atoms with Gasteiger partial charge in [0.15, 0.2) is 5.82 Å². The lowest BCUT2D eigenvalue weighted by atomic mass is 10.1. The van der Waals surface area contributed by atoms with Crippen LogP contribution in [0.2, 0.25) is 20.1 Å². The van der Waals surface area contributed by atoms with Gasteiger partial charge in [0.1, 0.15) is 16.7 Å². The Bertz CT molecular complexity index is 1240. The first-order valence-electron chi connectivity index (χ1n) is 8.20. The number of carbonyl (C=O) groups is 2. The van der Waals surface area contributed by atoms with Crippen LogP contribution in [0.1, 0.15) is 26.3 Å². The Balaban J connectivity index is 2.03. The lowest BCUT2D eigenvalue weighted by Crippen LogP contribution is -2.32. The number of hydrogen-bond acceptors (Lipinski definition) is 5. The van der Waals surface area contributed by atoms with E-state index in [0.29, 0.717) is 10.7 Å². The van der Waals surface area contributed by atoms with E-state index < -0.39 is 11.8 Å². The molecule has 0 aliphatic carbocycles. The standard InChI is InChI=1S/C19H8Cl4N4O2S/c1-30-16-9(7-24)17(27(25-16)8-5-3-2-4-6-8)26-18(28)10-11(19(26)29)13(21)15(23)14(22)12(10)20/h2-6H,1H3. The third kappa shape index (κ3) is 2.91. The molecule has 2 aromatic carbocycles. The van der Waals surface area contributed by atoms with Gasteiger partial charge in [-0.1, -0.05) is 64.6 Å². The smallest absolute Gasteiger partial charge is 0.268 e. The summed E-state index contributed by atoms with van der Waals surface area (Å²) in [5, 5.41) is 13.9. The molecule has 1 aliphatic rings. The molecule has 0 saturated heterocycles. The number of rotatable bonds is 3. The fraction of sp³-hybridized carbons (Fsp3) is 0.0526. The highest BCUT2D eigenvalue weighted by atomic mass is 35.5. The van der Waals surface area contributed by atoms with Crippen LogP contribution in [0.25, 0.3) is 5.69 Å². The number of thioether (sulfide) groups is 1. The number of imide groups is 1. The molecule has 6 nitrogen and oxygen atoms in total. The highest BCUT2D eigenvalue weighted by molar-refractivity contribution is 7.98. The van der Waals surface area contributed by atoms with Crippen molar-refractivity contribution in [2.24, 2.45) is 0 Å². The predicted octanol–water partition coefficient (Wildman–Crippen LogP) is 5.88. The van der Waals surface area contributed by atoms with E-state index in [4.69, 9.17) is 46.4 Å². The van der Waals surface area contributed by atoms with Crippen LogP contribution >= 0.6 is 58.2 Å². The van der Waals surface area contributed by atoms with Gasteiger partial charge in [0.2, 0.25) is 0 Å². The van der Waals surface area contributed by atoms with Crippen molar-refractivity contribution in [1.82, 2.24) is 9.78 Å². The van der Waals surface area contributed by atoms with Crippen molar-refractivity contribution in [2.75, 3.05) is 11.2 Å². The third-order valence-corrected chi connectivity index (χ3v) is 6.92. The van der Waals surface area contributed by atoms with Crippen molar-refractivity contribution >= 4 is 75.8 Å². The second kappa shape index (κ2) is 7.80. The molecule has 30 heavy (non-hydrogen) atoms. The van der Waals surface area contributed by atoms with Crippen LogP contribution in [0, 0.1) is 11.3 Å². The molecule has 3 aromatic rings. The molecule has 1 aliphatic heterocycles. The quantitative estimate of drug-likeness (QED) is 0.195. The second-order valence-electron chi connectivity index (χ2n) is 6.02. The highest BCUT2D eigenvalue weighted by Crippen LogP contribution is 2.46. The van der Waals surface area contributed by atoms with Crippen LogP contribution in [0.3, 0.4) is 0 Å². The Morgan fingerprint density at radius 3 is 1.93 bits per heavy atom. The number of benzene rings is 2. The second-order valence-corrected chi connectivity index (χ2v) is 8.33. The van der Waals surface area contributed by atoms with Gasteiger partial charge in [-0.05, 0) is 18.4 Å². The maximum absolute atomic E-state index is 13.3. The average Bonchev–Trinajstić information content (AvgIpc) is 3.25. The minimum atomic E-state index is -0.776. The Kier molecular flexibility index (Phi) is 5.47. The predicted molar refractivity (Wildman–Crippen MR) is 118 cm³/mol. The summed E-state index contributed by atoms with van der Waals surface area (Å²) in [6, 6.07) is 10.8. The summed E-state index contributed by atoms with van der Waals surface area (Å²) in [5.41, 5.74) is 0.271. The Morgan fingerprint density at radius 1 is 0.933 bits per heavy atom. The van der Waals surface area contributed by atoms with Crippen molar-refractivity contribution in [3.05, 3.63) is 67.1 Å². The van der Waals surface area contributed by atoms with Crippen molar-refractivity contribution in [2.45, 2.75) is 5.03 Å². The van der Waals surface area contributed by atoms with Gasteiger partial charge in [0.25, 0.3) is 11.8 Å². The molecule has 0 N–H and O–H groups in total. The molecule has 0 atom stereocenters. The van der Waals surface area contributed by atoms with E-state index in [0.717, 1.165) is 4.90 Å². The number of hydrogen-bond donors (Lipinski definition) is 0. The number of fused-ring (bicyclic) bond motifs is 1. The minimum Gasteiger partial charge on any atom is -0.268 e. The first kappa shape index (κ1) is 21.0. The number of halogens is 4. The summed E-state index contributed by atoms with van der Waals surface area (Å²) in [6.07, 6.45) is 1.73. The molecule has 1 aromatic heterocycles. The summed E-state index contributed by atoms with van der Waals surface area (Å²) in [7, 11) is 0. The molecule has 0 unspecified atom stereocenters. The van der Waals surface area contributed by atoms with E-state index in [1.54, 1.807) is 36.6 Å². The lowest BCUT2D eigenvalue weighted by Gasteiger charge is -2.16. The van der Waals surface area contributed by atoms with Crippen molar-refractivity contribution in [3.63, 3.8) is 0 Å². The van der Waals surface area contributed by atoms with E-state index in [1.807, 2.05) is 6.07 Å². The van der Waals surface area contributed by atoms with Gasteiger partial charge in [-0.25, -0.2) is 9.58 Å². The molecule has 11 heteroatoms. The lowest BCUT2D eigenvalue weighted by molar-refractivity contribution is 0.0924. The molecule has 0 saturated carbocycles. The Hall–Kier alpha value is -2.21. The fourth-order valence-electron chi connectivity index (χ4n) is 3.13. The summed E-state index contributed by atoms with van der Waals surface area (Å²) in [4.78, 5) is 27.4. The van der Waals surface area contributed by atoms with Crippen LogP contribution in [0.15, 0.2) is 35.4 Å². The molecular formula is C19H8Cl4N4O2S. The monoisotopic (exact) mass is 496 g/mol. The number of anilines is 1. The topological polar surface area (TPSA) is 79.0 Å². The van der Waals surface area contributed by atoms with E-state index in [1.165, 1.54) is 16.4 Å². The third-order valence-electron chi connectivity index (χ3n) is 4.45. The SMILES string of the molecule is CSc1nn(-c2ccccc2)c(N2C(=O)c3c(Cl)c(Cl)c(Cl)c(Cl)c3C2=O)c1C#N. The van der Waals surface area contributed by atoms with Gasteiger partial charge in [0, 0.05) is 0 Å².